The van der Waals surface area contributed by atoms with Crippen molar-refractivity contribution in [1.29, 1.82) is 0 Å². The van der Waals surface area contributed by atoms with Gasteiger partial charge in [0.25, 0.3) is 0 Å². The Balaban J connectivity index is 1.23. The van der Waals surface area contributed by atoms with Gasteiger partial charge in [-0.15, -0.1) is 0 Å². The normalized spacial score (nSPS) is 23.0. The number of nitrogens with zero attached hydrogens (tertiary/aromatic N) is 2. The molecule has 1 aromatic heterocycles. The number of piperidine rings is 1. The predicted octanol–water partition coefficient (Wildman–Crippen LogP) is 4.29. The van der Waals surface area contributed by atoms with Gasteiger partial charge in [0.2, 0.25) is 0 Å². The minimum Gasteiger partial charge on any atom is -0.493 e. The highest BCUT2D eigenvalue weighted by Crippen LogP contribution is 2.31. The lowest BCUT2D eigenvalue weighted by molar-refractivity contribution is 0.150. The van der Waals surface area contributed by atoms with E-state index in [9.17, 15) is 0 Å². The van der Waals surface area contributed by atoms with Crippen molar-refractivity contribution in [3.63, 3.8) is 0 Å². The summed E-state index contributed by atoms with van der Waals surface area (Å²) in [5.41, 5.74) is 1.22. The summed E-state index contributed by atoms with van der Waals surface area (Å²) in [6.45, 7) is 3.83. The van der Waals surface area contributed by atoms with E-state index in [1.165, 1.54) is 57.2 Å². The summed E-state index contributed by atoms with van der Waals surface area (Å²) in [7, 11) is 0. The summed E-state index contributed by atoms with van der Waals surface area (Å²) in [6, 6.07) is 13.8. The Labute approximate surface area is 191 Å². The summed E-state index contributed by atoms with van der Waals surface area (Å²) < 4.78 is 11.3. The van der Waals surface area contributed by atoms with Gasteiger partial charge in [-0.25, -0.2) is 0 Å². The molecule has 0 spiro atoms. The number of likely N-dealkylation sites (tertiary alicyclic amines) is 1. The summed E-state index contributed by atoms with van der Waals surface area (Å²) >= 11 is 0. The molecule has 0 amide bonds. The van der Waals surface area contributed by atoms with Gasteiger partial charge in [-0.2, -0.15) is 0 Å². The van der Waals surface area contributed by atoms with Crippen LogP contribution in [0.5, 0.6) is 5.75 Å². The highest BCUT2D eigenvalue weighted by molar-refractivity contribution is 5.80. The minimum atomic E-state index is 0.216. The van der Waals surface area contributed by atoms with E-state index in [-0.39, 0.29) is 6.04 Å². The van der Waals surface area contributed by atoms with Crippen LogP contribution in [0.1, 0.15) is 62.3 Å². The van der Waals surface area contributed by atoms with Crippen molar-refractivity contribution in [3.05, 3.63) is 54.0 Å². The van der Waals surface area contributed by atoms with Crippen LogP contribution >= 0.6 is 0 Å². The molecule has 2 N–H and O–H groups in total. The molecule has 3 aliphatic rings. The Morgan fingerprint density at radius 3 is 2.62 bits per heavy atom. The van der Waals surface area contributed by atoms with Gasteiger partial charge < -0.3 is 24.7 Å². The first kappa shape index (κ1) is 21.4. The Kier molecular flexibility index (Phi) is 6.97. The lowest BCUT2D eigenvalue weighted by atomic mass is 10.0. The van der Waals surface area contributed by atoms with E-state index in [0.29, 0.717) is 12.6 Å². The molecule has 172 valence electrons. The zero-order valence-corrected chi connectivity index (χ0v) is 19.0. The van der Waals surface area contributed by atoms with Crippen molar-refractivity contribution in [2.75, 3.05) is 26.2 Å². The third-order valence-electron chi connectivity index (χ3n) is 7.19. The Hall–Kier alpha value is -2.47. The number of benzene rings is 1. The molecule has 1 aliphatic carbocycles. The second-order valence-corrected chi connectivity index (χ2v) is 9.32. The fraction of sp³-hybridized carbons (Fsp3) is 0.577. The summed E-state index contributed by atoms with van der Waals surface area (Å²) in [5, 5.41) is 7.49. The molecule has 1 aromatic carbocycles. The van der Waals surface area contributed by atoms with Crippen molar-refractivity contribution in [3.8, 4) is 5.75 Å². The van der Waals surface area contributed by atoms with E-state index in [2.05, 4.69) is 33.7 Å². The van der Waals surface area contributed by atoms with E-state index in [0.717, 1.165) is 43.0 Å². The fourth-order valence-corrected chi connectivity index (χ4v) is 5.39. The van der Waals surface area contributed by atoms with Crippen LogP contribution in [-0.4, -0.2) is 49.2 Å². The Bertz CT molecular complexity index is 868. The van der Waals surface area contributed by atoms with Crippen molar-refractivity contribution < 1.29 is 9.15 Å². The van der Waals surface area contributed by atoms with Gasteiger partial charge in [0.15, 0.2) is 5.96 Å². The van der Waals surface area contributed by atoms with Crippen LogP contribution in [0.3, 0.4) is 0 Å². The van der Waals surface area contributed by atoms with Crippen LogP contribution in [0.15, 0.2) is 52.1 Å². The number of nitrogens with one attached hydrogen (secondary N) is 2. The number of para-hydroxylation sites is 1. The highest BCUT2D eigenvalue weighted by atomic mass is 16.5. The Morgan fingerprint density at radius 1 is 0.969 bits per heavy atom. The van der Waals surface area contributed by atoms with Crippen LogP contribution in [0.4, 0.5) is 0 Å². The highest BCUT2D eigenvalue weighted by Gasteiger charge is 2.28. The van der Waals surface area contributed by atoms with Crippen LogP contribution < -0.4 is 15.4 Å². The van der Waals surface area contributed by atoms with Crippen LogP contribution in [0.2, 0.25) is 0 Å². The van der Waals surface area contributed by atoms with Gasteiger partial charge in [-0.3, -0.25) is 4.99 Å². The fourth-order valence-electron chi connectivity index (χ4n) is 5.39. The number of fused-ring (bicyclic) bond motifs is 1. The second-order valence-electron chi connectivity index (χ2n) is 9.32. The smallest absolute Gasteiger partial charge is 0.191 e. The summed E-state index contributed by atoms with van der Waals surface area (Å²) in [5.74, 6) is 2.88. The predicted molar refractivity (Wildman–Crippen MR) is 127 cm³/mol. The summed E-state index contributed by atoms with van der Waals surface area (Å²) in [4.78, 5) is 7.66. The minimum absolute atomic E-state index is 0.216. The SMILES string of the molecule is c1coc(CCN=C(NC2CCN(C3CCCC3)CC2)NC2CCOc3ccccc32)c1. The lowest BCUT2D eigenvalue weighted by Crippen LogP contribution is -2.51. The summed E-state index contributed by atoms with van der Waals surface area (Å²) in [6.07, 6.45) is 11.4. The zero-order valence-electron chi connectivity index (χ0n) is 19.0. The van der Waals surface area contributed by atoms with E-state index in [4.69, 9.17) is 14.1 Å². The van der Waals surface area contributed by atoms with Crippen LogP contribution in [-0.2, 0) is 6.42 Å². The molecule has 2 aliphatic heterocycles. The van der Waals surface area contributed by atoms with Crippen molar-refractivity contribution >= 4 is 5.96 Å². The average molecular weight is 437 g/mol. The van der Waals surface area contributed by atoms with E-state index in [1.54, 1.807) is 6.26 Å². The molecule has 2 fully saturated rings. The molecule has 0 radical (unpaired) electrons. The third kappa shape index (κ3) is 5.29. The first-order valence-electron chi connectivity index (χ1n) is 12.4. The lowest BCUT2D eigenvalue weighted by Gasteiger charge is -2.37. The van der Waals surface area contributed by atoms with Gasteiger partial charge in [0, 0.05) is 50.1 Å². The van der Waals surface area contributed by atoms with Crippen molar-refractivity contribution in [2.45, 2.75) is 69.5 Å². The van der Waals surface area contributed by atoms with Crippen molar-refractivity contribution in [1.82, 2.24) is 15.5 Å². The van der Waals surface area contributed by atoms with E-state index in [1.807, 2.05) is 18.2 Å². The topological polar surface area (TPSA) is 62.0 Å². The molecular formula is C26H36N4O2. The first-order valence-corrected chi connectivity index (χ1v) is 12.4. The standard InChI is InChI=1S/C26H36N4O2/c1-2-7-21(6-1)30-16-12-20(13-17-30)28-26(27-15-11-22-8-5-18-31-22)29-24-14-19-32-25-10-4-3-9-23(24)25/h3-5,8-10,18,20-21,24H,1-2,6-7,11-17,19H2,(H2,27,28,29). The number of aliphatic imine (C=N–C) groups is 1. The quantitative estimate of drug-likeness (QED) is 0.523. The number of furan rings is 1. The van der Waals surface area contributed by atoms with Crippen molar-refractivity contribution in [2.24, 2.45) is 4.99 Å². The molecule has 5 rings (SSSR count). The third-order valence-corrected chi connectivity index (χ3v) is 7.19. The van der Waals surface area contributed by atoms with Gasteiger partial charge >= 0.3 is 0 Å². The molecular weight excluding hydrogens is 400 g/mol. The second kappa shape index (κ2) is 10.4. The number of hydrogen-bond donors (Lipinski definition) is 2. The zero-order chi connectivity index (χ0) is 21.6. The molecule has 1 saturated heterocycles. The molecule has 2 aromatic rings. The van der Waals surface area contributed by atoms with Gasteiger partial charge in [0.1, 0.15) is 11.5 Å². The van der Waals surface area contributed by atoms with Crippen LogP contribution in [0, 0.1) is 0 Å². The molecule has 6 nitrogen and oxygen atoms in total. The molecule has 1 atom stereocenters. The number of guanidine groups is 1. The number of rotatable bonds is 6. The molecule has 6 heteroatoms. The number of ether oxygens (including phenoxy) is 1. The molecule has 1 unspecified atom stereocenters. The van der Waals surface area contributed by atoms with Gasteiger partial charge in [-0.1, -0.05) is 31.0 Å². The maximum atomic E-state index is 5.86. The van der Waals surface area contributed by atoms with E-state index >= 15 is 0 Å². The average Bonchev–Trinajstić information content (AvgIpc) is 3.55. The number of hydrogen-bond acceptors (Lipinski definition) is 4. The first-order chi connectivity index (χ1) is 15.8. The van der Waals surface area contributed by atoms with Crippen LogP contribution in [0.25, 0.3) is 0 Å². The largest absolute Gasteiger partial charge is 0.493 e. The maximum Gasteiger partial charge on any atom is 0.191 e. The molecule has 1 saturated carbocycles. The maximum absolute atomic E-state index is 5.86. The molecule has 3 heterocycles. The molecule has 0 bridgehead atoms. The van der Waals surface area contributed by atoms with E-state index < -0.39 is 0 Å². The van der Waals surface area contributed by atoms with Gasteiger partial charge in [-0.05, 0) is 43.9 Å². The monoisotopic (exact) mass is 436 g/mol. The molecule has 32 heavy (non-hydrogen) atoms. The van der Waals surface area contributed by atoms with Gasteiger partial charge in [0.05, 0.1) is 18.9 Å². The Morgan fingerprint density at radius 2 is 1.81 bits per heavy atom.